The van der Waals surface area contributed by atoms with Crippen molar-refractivity contribution in [1.29, 1.82) is 0 Å². The molecule has 1 aliphatic rings. The van der Waals surface area contributed by atoms with Crippen molar-refractivity contribution >= 4 is 33.2 Å². The summed E-state index contributed by atoms with van der Waals surface area (Å²) in [5.41, 5.74) is 1.45. The fourth-order valence-electron chi connectivity index (χ4n) is 3.61. The summed E-state index contributed by atoms with van der Waals surface area (Å²) in [6.45, 7) is 3.23. The molecule has 0 bridgehead atoms. The lowest BCUT2D eigenvalue weighted by Gasteiger charge is -2.26. The van der Waals surface area contributed by atoms with Crippen molar-refractivity contribution < 1.29 is 0 Å². The average Bonchev–Trinajstić information content (AvgIpc) is 3.29. The van der Waals surface area contributed by atoms with E-state index in [2.05, 4.69) is 56.5 Å². The van der Waals surface area contributed by atoms with Gasteiger partial charge in [0.15, 0.2) is 0 Å². The van der Waals surface area contributed by atoms with Gasteiger partial charge in [-0.2, -0.15) is 4.98 Å². The van der Waals surface area contributed by atoms with Crippen molar-refractivity contribution in [3.05, 3.63) is 47.5 Å². The number of thiophene rings is 1. The molecule has 6 heteroatoms. The van der Waals surface area contributed by atoms with E-state index < -0.39 is 0 Å². The van der Waals surface area contributed by atoms with Crippen LogP contribution in [0.1, 0.15) is 12.0 Å². The Labute approximate surface area is 158 Å². The minimum atomic E-state index is 0.491. The Morgan fingerprint density at radius 3 is 2.88 bits per heavy atom. The van der Waals surface area contributed by atoms with Crippen LogP contribution in [0.3, 0.4) is 0 Å². The summed E-state index contributed by atoms with van der Waals surface area (Å²) < 4.78 is 1.38. The molecule has 0 saturated carbocycles. The third-order valence-electron chi connectivity index (χ3n) is 5.14. The normalized spacial score (nSPS) is 17.7. The number of rotatable bonds is 5. The second-order valence-corrected chi connectivity index (χ2v) is 8.07. The Kier molecular flexibility index (Phi) is 4.78. The molecular formula is C20H25N5S. The molecular weight excluding hydrogens is 342 g/mol. The number of hydrogen-bond acceptors (Lipinski definition) is 6. The molecule has 26 heavy (non-hydrogen) atoms. The van der Waals surface area contributed by atoms with Gasteiger partial charge in [0, 0.05) is 57.7 Å². The van der Waals surface area contributed by atoms with Crippen molar-refractivity contribution in [1.82, 2.24) is 14.9 Å². The van der Waals surface area contributed by atoms with Crippen LogP contribution in [-0.4, -0.2) is 55.1 Å². The fraction of sp³-hybridized carbons (Fsp3) is 0.400. The highest BCUT2D eigenvalue weighted by Gasteiger charge is 2.27. The summed E-state index contributed by atoms with van der Waals surface area (Å²) in [5, 5.41) is 3.72. The second-order valence-electron chi connectivity index (χ2n) is 7.15. The van der Waals surface area contributed by atoms with Gasteiger partial charge in [0.25, 0.3) is 0 Å². The average molecular weight is 368 g/mol. The number of likely N-dealkylation sites (tertiary alicyclic amines) is 1. The van der Waals surface area contributed by atoms with Crippen molar-refractivity contribution in [2.45, 2.75) is 19.0 Å². The molecule has 1 fully saturated rings. The SMILES string of the molecule is CN(C)c1nccc(N(C)C2CCN(Cc3csc4ccccc34)C2)n1. The van der Waals surface area contributed by atoms with E-state index in [9.17, 15) is 0 Å². The Bertz CT molecular complexity index is 891. The zero-order valence-corrected chi connectivity index (χ0v) is 16.4. The lowest BCUT2D eigenvalue weighted by molar-refractivity contribution is 0.327. The molecule has 1 atom stereocenters. The van der Waals surface area contributed by atoms with Gasteiger partial charge in [-0.25, -0.2) is 4.98 Å². The third kappa shape index (κ3) is 3.39. The molecule has 1 aliphatic heterocycles. The molecule has 3 heterocycles. The summed E-state index contributed by atoms with van der Waals surface area (Å²) in [6.07, 6.45) is 3.01. The van der Waals surface area contributed by atoms with E-state index in [4.69, 9.17) is 0 Å². The van der Waals surface area contributed by atoms with Crippen LogP contribution in [0.4, 0.5) is 11.8 Å². The Balaban J connectivity index is 1.44. The molecule has 5 nitrogen and oxygen atoms in total. The van der Waals surface area contributed by atoms with Gasteiger partial charge in [-0.3, -0.25) is 4.90 Å². The number of nitrogens with zero attached hydrogens (tertiary/aromatic N) is 5. The fourth-order valence-corrected chi connectivity index (χ4v) is 4.56. The Morgan fingerprint density at radius 2 is 2.04 bits per heavy atom. The molecule has 0 N–H and O–H groups in total. The molecule has 1 saturated heterocycles. The molecule has 1 aromatic carbocycles. The topological polar surface area (TPSA) is 35.5 Å². The van der Waals surface area contributed by atoms with E-state index in [1.165, 1.54) is 22.1 Å². The van der Waals surface area contributed by atoms with E-state index in [0.717, 1.165) is 31.4 Å². The third-order valence-corrected chi connectivity index (χ3v) is 6.15. The van der Waals surface area contributed by atoms with Gasteiger partial charge >= 0.3 is 0 Å². The standard InChI is InChI=1S/C20H25N5S/c1-23(2)20-21-10-8-19(22-20)24(3)16-9-11-25(13-16)12-15-14-26-18-7-5-4-6-17(15)18/h4-8,10,14,16H,9,11-13H2,1-3H3. The van der Waals surface area contributed by atoms with E-state index in [-0.39, 0.29) is 0 Å². The van der Waals surface area contributed by atoms with E-state index in [1.807, 2.05) is 42.6 Å². The Hall–Kier alpha value is -2.18. The zero-order valence-electron chi connectivity index (χ0n) is 15.6. The van der Waals surface area contributed by atoms with E-state index in [1.54, 1.807) is 0 Å². The highest BCUT2D eigenvalue weighted by atomic mass is 32.1. The van der Waals surface area contributed by atoms with Crippen LogP contribution in [0.25, 0.3) is 10.1 Å². The highest BCUT2D eigenvalue weighted by Crippen LogP contribution is 2.28. The highest BCUT2D eigenvalue weighted by molar-refractivity contribution is 7.17. The number of hydrogen-bond donors (Lipinski definition) is 0. The lowest BCUT2D eigenvalue weighted by Crippen LogP contribution is -2.35. The smallest absolute Gasteiger partial charge is 0.226 e. The van der Waals surface area contributed by atoms with Crippen molar-refractivity contribution in [3.8, 4) is 0 Å². The first-order valence-electron chi connectivity index (χ1n) is 9.02. The summed E-state index contributed by atoms with van der Waals surface area (Å²) in [5.74, 6) is 1.76. The summed E-state index contributed by atoms with van der Waals surface area (Å²) in [4.78, 5) is 15.8. The molecule has 4 rings (SSSR count). The van der Waals surface area contributed by atoms with Crippen LogP contribution in [0.5, 0.6) is 0 Å². The monoisotopic (exact) mass is 367 g/mol. The van der Waals surface area contributed by atoms with Gasteiger partial charge in [0.2, 0.25) is 5.95 Å². The van der Waals surface area contributed by atoms with Crippen LogP contribution in [0.2, 0.25) is 0 Å². The molecule has 0 aliphatic carbocycles. The summed E-state index contributed by atoms with van der Waals surface area (Å²) >= 11 is 1.85. The first-order valence-corrected chi connectivity index (χ1v) is 9.90. The van der Waals surface area contributed by atoms with Crippen LogP contribution < -0.4 is 9.80 Å². The minimum Gasteiger partial charge on any atom is -0.355 e. The van der Waals surface area contributed by atoms with Crippen LogP contribution in [0, 0.1) is 0 Å². The lowest BCUT2D eigenvalue weighted by atomic mass is 10.2. The van der Waals surface area contributed by atoms with Crippen molar-refractivity contribution in [2.75, 3.05) is 44.0 Å². The van der Waals surface area contributed by atoms with Crippen LogP contribution >= 0.6 is 11.3 Å². The number of benzene rings is 1. The molecule has 1 unspecified atom stereocenters. The van der Waals surface area contributed by atoms with Crippen LogP contribution in [0.15, 0.2) is 41.9 Å². The molecule has 0 amide bonds. The molecule has 3 aromatic rings. The van der Waals surface area contributed by atoms with Gasteiger partial charge in [0.05, 0.1) is 0 Å². The minimum absolute atomic E-state index is 0.491. The maximum atomic E-state index is 4.68. The largest absolute Gasteiger partial charge is 0.355 e. The van der Waals surface area contributed by atoms with E-state index in [0.29, 0.717) is 6.04 Å². The van der Waals surface area contributed by atoms with Gasteiger partial charge in [-0.05, 0) is 34.9 Å². The van der Waals surface area contributed by atoms with Gasteiger partial charge in [-0.15, -0.1) is 11.3 Å². The quantitative estimate of drug-likeness (QED) is 0.690. The maximum absolute atomic E-state index is 4.68. The van der Waals surface area contributed by atoms with Crippen molar-refractivity contribution in [3.63, 3.8) is 0 Å². The van der Waals surface area contributed by atoms with Gasteiger partial charge < -0.3 is 9.80 Å². The second kappa shape index (κ2) is 7.21. The Morgan fingerprint density at radius 1 is 1.19 bits per heavy atom. The van der Waals surface area contributed by atoms with Gasteiger partial charge in [-0.1, -0.05) is 18.2 Å². The number of fused-ring (bicyclic) bond motifs is 1. The summed E-state index contributed by atoms with van der Waals surface area (Å²) in [6, 6.07) is 11.2. The molecule has 136 valence electrons. The predicted octanol–water partition coefficient (Wildman–Crippen LogP) is 3.47. The zero-order chi connectivity index (χ0) is 18.1. The number of likely N-dealkylation sites (N-methyl/N-ethyl adjacent to an activating group) is 1. The predicted molar refractivity (Wildman–Crippen MR) is 110 cm³/mol. The first-order chi connectivity index (χ1) is 12.6. The maximum Gasteiger partial charge on any atom is 0.226 e. The molecule has 0 radical (unpaired) electrons. The molecule has 2 aromatic heterocycles. The molecule has 0 spiro atoms. The number of aromatic nitrogens is 2. The number of anilines is 2. The first kappa shape index (κ1) is 17.2. The van der Waals surface area contributed by atoms with E-state index >= 15 is 0 Å². The van der Waals surface area contributed by atoms with Crippen molar-refractivity contribution in [2.24, 2.45) is 0 Å². The summed E-state index contributed by atoms with van der Waals surface area (Å²) in [7, 11) is 6.10. The van der Waals surface area contributed by atoms with Crippen LogP contribution in [-0.2, 0) is 6.54 Å². The van der Waals surface area contributed by atoms with Gasteiger partial charge in [0.1, 0.15) is 5.82 Å².